The number of hydrogen-bond donors (Lipinski definition) is 4. The minimum Gasteiger partial charge on any atom is -0.481 e. The first-order chi connectivity index (χ1) is 8.71. The average Bonchev–Trinajstić information content (AvgIpc) is 2.28. The smallest absolute Gasteiger partial charge is 0.306 e. The van der Waals surface area contributed by atoms with E-state index < -0.39 is 29.7 Å². The van der Waals surface area contributed by atoms with E-state index in [0.29, 0.717) is 0 Å². The molecule has 1 aromatic rings. The number of carbonyl (C=O) groups excluding carboxylic acids is 1. The molecule has 1 amide bonds. The number of aliphatic hydroxyl groups is 1. The summed E-state index contributed by atoms with van der Waals surface area (Å²) in [5.74, 6) is -2.52. The number of anilines is 1. The Morgan fingerprint density at radius 3 is 2.63 bits per heavy atom. The normalized spacial score (nSPS) is 13.6. The van der Waals surface area contributed by atoms with Gasteiger partial charge in [-0.15, -0.1) is 0 Å². The fraction of sp³-hybridized carbons (Fsp3) is 0.333. The van der Waals surface area contributed by atoms with E-state index in [-0.39, 0.29) is 17.8 Å². The van der Waals surface area contributed by atoms with Crippen molar-refractivity contribution >= 4 is 17.6 Å². The fourth-order valence-electron chi connectivity index (χ4n) is 1.43. The van der Waals surface area contributed by atoms with E-state index in [1.54, 1.807) is 0 Å². The van der Waals surface area contributed by atoms with E-state index in [2.05, 4.69) is 5.32 Å². The highest BCUT2D eigenvalue weighted by atomic mass is 19.1. The molecule has 1 aromatic carbocycles. The lowest BCUT2D eigenvalue weighted by Gasteiger charge is -2.21. The number of amides is 1. The van der Waals surface area contributed by atoms with Crippen LogP contribution < -0.4 is 11.1 Å². The van der Waals surface area contributed by atoms with Gasteiger partial charge in [0.1, 0.15) is 5.82 Å². The van der Waals surface area contributed by atoms with Gasteiger partial charge in [0.05, 0.1) is 17.7 Å². The van der Waals surface area contributed by atoms with Crippen LogP contribution in [0.25, 0.3) is 0 Å². The van der Waals surface area contributed by atoms with Crippen LogP contribution in [0.4, 0.5) is 10.1 Å². The number of carbonyl (C=O) groups is 2. The molecule has 1 unspecified atom stereocenters. The monoisotopic (exact) mass is 270 g/mol. The van der Waals surface area contributed by atoms with Crippen LogP contribution in [0.15, 0.2) is 18.2 Å². The van der Waals surface area contributed by atoms with E-state index in [0.717, 1.165) is 6.07 Å². The van der Waals surface area contributed by atoms with Crippen LogP contribution in [0.3, 0.4) is 0 Å². The van der Waals surface area contributed by atoms with Crippen LogP contribution in [-0.2, 0) is 4.79 Å². The zero-order chi connectivity index (χ0) is 14.6. The quantitative estimate of drug-likeness (QED) is 0.577. The molecule has 5 N–H and O–H groups in total. The molecule has 0 saturated carbocycles. The molecule has 0 fully saturated rings. The minimum absolute atomic E-state index is 0.0397. The van der Waals surface area contributed by atoms with Crippen molar-refractivity contribution in [3.63, 3.8) is 0 Å². The maximum atomic E-state index is 13.2. The van der Waals surface area contributed by atoms with Crippen molar-refractivity contribution in [3.8, 4) is 0 Å². The molecule has 19 heavy (non-hydrogen) atoms. The van der Waals surface area contributed by atoms with Gasteiger partial charge in [0.2, 0.25) is 0 Å². The van der Waals surface area contributed by atoms with Gasteiger partial charge in [0, 0.05) is 12.1 Å². The van der Waals surface area contributed by atoms with Gasteiger partial charge >= 0.3 is 5.97 Å². The summed E-state index contributed by atoms with van der Waals surface area (Å²) in [5.41, 5.74) is 3.66. The zero-order valence-electron chi connectivity index (χ0n) is 10.3. The summed E-state index contributed by atoms with van der Waals surface area (Å²) < 4.78 is 13.2. The first-order valence-corrected chi connectivity index (χ1v) is 5.49. The lowest BCUT2D eigenvalue weighted by molar-refractivity contribution is -0.141. The van der Waals surface area contributed by atoms with Gasteiger partial charge in [-0.2, -0.15) is 0 Å². The number of carboxylic acid groups (broad SMARTS) is 1. The van der Waals surface area contributed by atoms with Crippen molar-refractivity contribution in [2.24, 2.45) is 0 Å². The highest BCUT2D eigenvalue weighted by molar-refractivity contribution is 5.94. The summed E-state index contributed by atoms with van der Waals surface area (Å²) in [7, 11) is 0. The Morgan fingerprint density at radius 1 is 1.47 bits per heavy atom. The topological polar surface area (TPSA) is 113 Å². The summed E-state index contributed by atoms with van der Waals surface area (Å²) in [5, 5.41) is 20.6. The predicted octanol–water partition coefficient (Wildman–Crippen LogP) is 0.363. The third kappa shape index (κ3) is 4.55. The molecule has 0 aliphatic heterocycles. The highest BCUT2D eigenvalue weighted by Gasteiger charge is 2.25. The Labute approximate surface area is 109 Å². The van der Waals surface area contributed by atoms with Crippen molar-refractivity contribution in [1.82, 2.24) is 5.32 Å². The molecule has 0 aliphatic carbocycles. The largest absolute Gasteiger partial charge is 0.481 e. The van der Waals surface area contributed by atoms with Crippen LogP contribution in [-0.4, -0.2) is 34.2 Å². The van der Waals surface area contributed by atoms with Gasteiger partial charge in [-0.05, 0) is 25.1 Å². The predicted molar refractivity (Wildman–Crippen MR) is 66.0 cm³/mol. The van der Waals surface area contributed by atoms with Gasteiger partial charge in [-0.3, -0.25) is 9.59 Å². The standard InChI is InChI=1S/C12H15FN2O4/c1-12(19,5-10(16)17)6-15-11(18)7-2-3-9(14)8(13)4-7/h2-4,19H,5-6,14H2,1H3,(H,15,18)(H,16,17). The molecule has 0 radical (unpaired) electrons. The third-order valence-corrected chi connectivity index (χ3v) is 2.42. The van der Waals surface area contributed by atoms with Crippen LogP contribution in [0.1, 0.15) is 23.7 Å². The molecule has 6 nitrogen and oxygen atoms in total. The average molecular weight is 270 g/mol. The van der Waals surface area contributed by atoms with E-state index in [4.69, 9.17) is 10.8 Å². The second-order valence-electron chi connectivity index (χ2n) is 4.49. The molecule has 0 aromatic heterocycles. The highest BCUT2D eigenvalue weighted by Crippen LogP contribution is 2.12. The lowest BCUT2D eigenvalue weighted by atomic mass is 10.0. The molecule has 0 aliphatic rings. The molecule has 0 heterocycles. The SMILES string of the molecule is CC(O)(CNC(=O)c1ccc(N)c(F)c1)CC(=O)O. The number of nitrogens with one attached hydrogen (secondary N) is 1. The van der Waals surface area contributed by atoms with Gasteiger partial charge in [0.15, 0.2) is 0 Å². The molecular formula is C12H15FN2O4. The van der Waals surface area contributed by atoms with Crippen molar-refractivity contribution in [3.05, 3.63) is 29.6 Å². The van der Waals surface area contributed by atoms with Crippen LogP contribution >= 0.6 is 0 Å². The number of hydrogen-bond acceptors (Lipinski definition) is 4. The maximum absolute atomic E-state index is 13.2. The Bertz CT molecular complexity index is 503. The second-order valence-corrected chi connectivity index (χ2v) is 4.49. The van der Waals surface area contributed by atoms with Crippen molar-refractivity contribution in [2.75, 3.05) is 12.3 Å². The number of halogens is 1. The van der Waals surface area contributed by atoms with Crippen LogP contribution in [0, 0.1) is 5.82 Å². The van der Waals surface area contributed by atoms with Gasteiger partial charge < -0.3 is 21.3 Å². The minimum atomic E-state index is -1.58. The Kier molecular flexibility index (Phi) is 4.44. The number of benzene rings is 1. The summed E-state index contributed by atoms with van der Waals surface area (Å²) in [6, 6.07) is 3.55. The van der Waals surface area contributed by atoms with Crippen LogP contribution in [0.5, 0.6) is 0 Å². The Morgan fingerprint density at radius 2 is 2.11 bits per heavy atom. The molecule has 0 spiro atoms. The Hall–Kier alpha value is -2.15. The molecule has 1 atom stereocenters. The molecule has 0 bridgehead atoms. The first-order valence-electron chi connectivity index (χ1n) is 5.49. The van der Waals surface area contributed by atoms with Crippen molar-refractivity contribution in [1.29, 1.82) is 0 Å². The van der Waals surface area contributed by atoms with Gasteiger partial charge in [-0.25, -0.2) is 4.39 Å². The first kappa shape index (κ1) is 14.9. The molecule has 104 valence electrons. The zero-order valence-corrected chi connectivity index (χ0v) is 10.3. The summed E-state index contributed by atoms with van der Waals surface area (Å²) in [4.78, 5) is 22.1. The number of rotatable bonds is 5. The van der Waals surface area contributed by atoms with Gasteiger partial charge in [-0.1, -0.05) is 0 Å². The number of carboxylic acids is 1. The van der Waals surface area contributed by atoms with Crippen molar-refractivity contribution in [2.45, 2.75) is 18.9 Å². The van der Waals surface area contributed by atoms with E-state index in [9.17, 15) is 19.1 Å². The van der Waals surface area contributed by atoms with Crippen LogP contribution in [0.2, 0.25) is 0 Å². The van der Waals surface area contributed by atoms with E-state index >= 15 is 0 Å². The second kappa shape index (κ2) is 5.66. The molecule has 1 rings (SSSR count). The Balaban J connectivity index is 2.65. The van der Waals surface area contributed by atoms with Gasteiger partial charge in [0.25, 0.3) is 5.91 Å². The molecule has 7 heteroatoms. The lowest BCUT2D eigenvalue weighted by Crippen LogP contribution is -2.42. The van der Waals surface area contributed by atoms with E-state index in [1.807, 2.05) is 0 Å². The summed E-state index contributed by atoms with van der Waals surface area (Å²) in [6.07, 6.45) is -0.511. The van der Waals surface area contributed by atoms with E-state index in [1.165, 1.54) is 19.1 Å². The maximum Gasteiger partial charge on any atom is 0.306 e. The fourth-order valence-corrected chi connectivity index (χ4v) is 1.43. The molecule has 0 saturated heterocycles. The summed E-state index contributed by atoms with van der Waals surface area (Å²) >= 11 is 0. The molecular weight excluding hydrogens is 255 g/mol. The number of nitrogens with two attached hydrogens (primary N) is 1. The number of aliphatic carboxylic acids is 1. The number of nitrogen functional groups attached to an aromatic ring is 1. The summed E-state index contributed by atoms with van der Waals surface area (Å²) in [6.45, 7) is 1.02. The van der Waals surface area contributed by atoms with Crippen molar-refractivity contribution < 1.29 is 24.2 Å². The third-order valence-electron chi connectivity index (χ3n) is 2.42.